The molecule has 0 bridgehead atoms. The molecular formula is C12H15N3. The van der Waals surface area contributed by atoms with Crippen molar-refractivity contribution in [1.82, 2.24) is 4.98 Å². The number of aromatic nitrogens is 1. The highest BCUT2D eigenvalue weighted by Gasteiger charge is 2.02. The molecule has 78 valence electrons. The molecule has 4 N–H and O–H groups in total. The first-order chi connectivity index (χ1) is 7.16. The summed E-state index contributed by atoms with van der Waals surface area (Å²) in [6, 6.07) is 7.96. The lowest BCUT2D eigenvalue weighted by Gasteiger charge is -2.10. The number of aromatic amines is 1. The van der Waals surface area contributed by atoms with Crippen molar-refractivity contribution < 1.29 is 0 Å². The van der Waals surface area contributed by atoms with Crippen LogP contribution in [0.1, 0.15) is 11.1 Å². The van der Waals surface area contributed by atoms with Crippen molar-refractivity contribution in [2.24, 2.45) is 0 Å². The zero-order valence-corrected chi connectivity index (χ0v) is 8.96. The number of nitrogens with two attached hydrogens (primary N) is 1. The number of aryl methyl sites for hydroxylation is 2. The Bertz CT molecular complexity index is 458. The zero-order chi connectivity index (χ0) is 10.8. The second kappa shape index (κ2) is 3.69. The fraction of sp³-hybridized carbons (Fsp3) is 0.167. The first kappa shape index (κ1) is 9.65. The summed E-state index contributed by atoms with van der Waals surface area (Å²) in [7, 11) is 0. The van der Waals surface area contributed by atoms with Crippen LogP contribution >= 0.6 is 0 Å². The maximum absolute atomic E-state index is 5.93. The molecule has 1 aromatic heterocycles. The van der Waals surface area contributed by atoms with Crippen LogP contribution in [0.5, 0.6) is 0 Å². The summed E-state index contributed by atoms with van der Waals surface area (Å²) >= 11 is 0. The van der Waals surface area contributed by atoms with Crippen molar-refractivity contribution in [2.45, 2.75) is 13.8 Å². The third kappa shape index (κ3) is 1.96. The molecule has 0 atom stereocenters. The van der Waals surface area contributed by atoms with E-state index in [-0.39, 0.29) is 0 Å². The van der Waals surface area contributed by atoms with E-state index in [1.807, 2.05) is 24.4 Å². The molecule has 0 amide bonds. The number of nitrogens with one attached hydrogen (secondary N) is 2. The average molecular weight is 201 g/mol. The van der Waals surface area contributed by atoms with Gasteiger partial charge in [0.15, 0.2) is 0 Å². The smallest absolute Gasteiger partial charge is 0.107 e. The lowest BCUT2D eigenvalue weighted by molar-refractivity contribution is 1.32. The molecule has 15 heavy (non-hydrogen) atoms. The molecule has 0 aliphatic heterocycles. The van der Waals surface area contributed by atoms with Crippen molar-refractivity contribution >= 4 is 17.2 Å². The SMILES string of the molecule is Cc1cc(N)c(Nc2ccc[nH]2)cc1C. The molecule has 0 saturated carbocycles. The van der Waals surface area contributed by atoms with Gasteiger partial charge in [0.25, 0.3) is 0 Å². The summed E-state index contributed by atoms with van der Waals surface area (Å²) in [4.78, 5) is 3.08. The maximum atomic E-state index is 5.93. The molecular weight excluding hydrogens is 186 g/mol. The monoisotopic (exact) mass is 201 g/mol. The van der Waals surface area contributed by atoms with E-state index in [1.54, 1.807) is 0 Å². The molecule has 3 nitrogen and oxygen atoms in total. The summed E-state index contributed by atoms with van der Waals surface area (Å²) < 4.78 is 0. The largest absolute Gasteiger partial charge is 0.397 e. The lowest BCUT2D eigenvalue weighted by atomic mass is 10.1. The fourth-order valence-corrected chi connectivity index (χ4v) is 1.50. The second-order valence-corrected chi connectivity index (χ2v) is 3.73. The van der Waals surface area contributed by atoms with Crippen LogP contribution in [0.15, 0.2) is 30.5 Å². The molecule has 3 heteroatoms. The lowest BCUT2D eigenvalue weighted by Crippen LogP contribution is -1.98. The predicted molar refractivity (Wildman–Crippen MR) is 64.4 cm³/mol. The zero-order valence-electron chi connectivity index (χ0n) is 8.96. The van der Waals surface area contributed by atoms with Gasteiger partial charge in [0.2, 0.25) is 0 Å². The number of hydrogen-bond acceptors (Lipinski definition) is 2. The quantitative estimate of drug-likeness (QED) is 0.654. The molecule has 0 aliphatic rings. The molecule has 1 heterocycles. The van der Waals surface area contributed by atoms with E-state index in [0.717, 1.165) is 17.2 Å². The molecule has 0 saturated heterocycles. The number of benzene rings is 1. The molecule has 0 aliphatic carbocycles. The third-order valence-electron chi connectivity index (χ3n) is 2.53. The molecule has 0 unspecified atom stereocenters. The number of anilines is 3. The van der Waals surface area contributed by atoms with Crippen LogP contribution in [0, 0.1) is 13.8 Å². The van der Waals surface area contributed by atoms with Crippen LogP contribution in [0.4, 0.5) is 17.2 Å². The number of H-pyrrole nitrogens is 1. The van der Waals surface area contributed by atoms with E-state index in [9.17, 15) is 0 Å². The van der Waals surface area contributed by atoms with Gasteiger partial charge in [-0.3, -0.25) is 0 Å². The first-order valence-corrected chi connectivity index (χ1v) is 4.94. The van der Waals surface area contributed by atoms with Crippen molar-refractivity contribution in [3.63, 3.8) is 0 Å². The Morgan fingerprint density at radius 2 is 1.93 bits per heavy atom. The normalized spacial score (nSPS) is 10.3. The van der Waals surface area contributed by atoms with Gasteiger partial charge in [-0.1, -0.05) is 0 Å². The Morgan fingerprint density at radius 1 is 1.20 bits per heavy atom. The Balaban J connectivity index is 2.33. The molecule has 0 fully saturated rings. The van der Waals surface area contributed by atoms with Gasteiger partial charge in [-0.2, -0.15) is 0 Å². The highest BCUT2D eigenvalue weighted by Crippen LogP contribution is 2.25. The van der Waals surface area contributed by atoms with Gasteiger partial charge in [-0.05, 0) is 49.2 Å². The molecule has 1 aromatic carbocycles. The van der Waals surface area contributed by atoms with Crippen molar-refractivity contribution in [3.05, 3.63) is 41.6 Å². The van der Waals surface area contributed by atoms with Crippen molar-refractivity contribution in [1.29, 1.82) is 0 Å². The summed E-state index contributed by atoms with van der Waals surface area (Å²) in [5.41, 5.74) is 10.1. The summed E-state index contributed by atoms with van der Waals surface area (Å²) in [6.45, 7) is 4.14. The predicted octanol–water partition coefficient (Wildman–Crippen LogP) is 2.96. The minimum atomic E-state index is 0.771. The van der Waals surface area contributed by atoms with Gasteiger partial charge in [0.05, 0.1) is 11.4 Å². The van der Waals surface area contributed by atoms with Crippen LogP contribution in [0.2, 0.25) is 0 Å². The number of nitrogen functional groups attached to an aromatic ring is 1. The minimum Gasteiger partial charge on any atom is -0.397 e. The van der Waals surface area contributed by atoms with Gasteiger partial charge in [-0.15, -0.1) is 0 Å². The molecule has 0 radical (unpaired) electrons. The topological polar surface area (TPSA) is 53.8 Å². The second-order valence-electron chi connectivity index (χ2n) is 3.73. The molecule has 0 spiro atoms. The third-order valence-corrected chi connectivity index (χ3v) is 2.53. The first-order valence-electron chi connectivity index (χ1n) is 4.94. The van der Waals surface area contributed by atoms with Gasteiger partial charge in [-0.25, -0.2) is 0 Å². The van der Waals surface area contributed by atoms with E-state index >= 15 is 0 Å². The van der Waals surface area contributed by atoms with Gasteiger partial charge < -0.3 is 16.0 Å². The van der Waals surface area contributed by atoms with Gasteiger partial charge in [0.1, 0.15) is 5.82 Å². The van der Waals surface area contributed by atoms with Gasteiger partial charge in [0, 0.05) is 6.20 Å². The Morgan fingerprint density at radius 3 is 2.60 bits per heavy atom. The highest BCUT2D eigenvalue weighted by molar-refractivity contribution is 5.73. The van der Waals surface area contributed by atoms with Crippen LogP contribution in [-0.2, 0) is 0 Å². The minimum absolute atomic E-state index is 0.771. The van der Waals surface area contributed by atoms with E-state index in [4.69, 9.17) is 5.73 Å². The Labute approximate surface area is 89.3 Å². The molecule has 2 aromatic rings. The highest BCUT2D eigenvalue weighted by atomic mass is 15.0. The Hall–Kier alpha value is -1.90. The van der Waals surface area contributed by atoms with E-state index in [0.29, 0.717) is 0 Å². The summed E-state index contributed by atoms with van der Waals surface area (Å²) in [6.07, 6.45) is 1.87. The Kier molecular flexibility index (Phi) is 2.37. The molecule has 2 rings (SSSR count). The van der Waals surface area contributed by atoms with Gasteiger partial charge >= 0.3 is 0 Å². The fourth-order valence-electron chi connectivity index (χ4n) is 1.50. The maximum Gasteiger partial charge on any atom is 0.107 e. The summed E-state index contributed by atoms with van der Waals surface area (Å²) in [5.74, 6) is 0.949. The van der Waals surface area contributed by atoms with E-state index < -0.39 is 0 Å². The number of hydrogen-bond donors (Lipinski definition) is 3. The van der Waals surface area contributed by atoms with Crippen molar-refractivity contribution in [3.8, 4) is 0 Å². The standard InChI is InChI=1S/C12H15N3/c1-8-6-10(13)11(7-9(8)2)15-12-4-3-5-14-12/h3-7,14-15H,13H2,1-2H3. The van der Waals surface area contributed by atoms with Crippen LogP contribution in [0.25, 0.3) is 0 Å². The number of rotatable bonds is 2. The summed E-state index contributed by atoms with van der Waals surface area (Å²) in [5, 5.41) is 3.24. The van der Waals surface area contributed by atoms with Crippen LogP contribution in [-0.4, -0.2) is 4.98 Å². The van der Waals surface area contributed by atoms with E-state index in [2.05, 4.69) is 30.2 Å². The van der Waals surface area contributed by atoms with Crippen LogP contribution < -0.4 is 11.1 Å². The average Bonchev–Trinajstić information content (AvgIpc) is 2.67. The van der Waals surface area contributed by atoms with Crippen LogP contribution in [0.3, 0.4) is 0 Å². The van der Waals surface area contributed by atoms with E-state index in [1.165, 1.54) is 11.1 Å². The van der Waals surface area contributed by atoms with Crippen molar-refractivity contribution in [2.75, 3.05) is 11.1 Å².